The molecule has 2 N–H and O–H groups in total. The molecule has 3 heteroatoms. The molecule has 1 aliphatic heterocycles. The quantitative estimate of drug-likeness (QED) is 0.617. The predicted octanol–water partition coefficient (Wildman–Crippen LogP) is 1.11. The number of hydrogen-bond acceptors (Lipinski definition) is 1. The van der Waals surface area contributed by atoms with E-state index in [1.165, 1.54) is 12.8 Å². The number of urea groups is 1. The highest BCUT2D eigenvalue weighted by Gasteiger charge is 2.28. The second-order valence-corrected chi connectivity index (χ2v) is 3.60. The normalized spacial score (nSPS) is 22.2. The van der Waals surface area contributed by atoms with E-state index in [4.69, 9.17) is 0 Å². The van der Waals surface area contributed by atoms with Crippen LogP contribution >= 0.6 is 0 Å². The van der Waals surface area contributed by atoms with Crippen molar-refractivity contribution in [2.45, 2.75) is 26.7 Å². The zero-order valence-corrected chi connectivity index (χ0v) is 7.24. The van der Waals surface area contributed by atoms with Crippen LogP contribution in [0.3, 0.4) is 0 Å². The van der Waals surface area contributed by atoms with E-state index < -0.39 is 0 Å². The molecule has 11 heavy (non-hydrogen) atoms. The van der Waals surface area contributed by atoms with Crippen molar-refractivity contribution in [2.24, 2.45) is 5.41 Å². The molecule has 2 amide bonds. The molecule has 0 spiro atoms. The van der Waals surface area contributed by atoms with Crippen molar-refractivity contribution in [1.29, 1.82) is 0 Å². The Balaban J connectivity index is 2.41. The van der Waals surface area contributed by atoms with E-state index in [2.05, 4.69) is 24.5 Å². The lowest BCUT2D eigenvalue weighted by Crippen LogP contribution is -2.53. The number of nitrogens with one attached hydrogen (secondary N) is 2. The highest BCUT2D eigenvalue weighted by Crippen LogP contribution is 2.22. The van der Waals surface area contributed by atoms with E-state index in [0.717, 1.165) is 13.1 Å². The average molecular weight is 156 g/mol. The van der Waals surface area contributed by atoms with Crippen molar-refractivity contribution in [2.75, 3.05) is 13.1 Å². The first-order chi connectivity index (χ1) is 5.16. The van der Waals surface area contributed by atoms with E-state index in [1.807, 2.05) is 0 Å². The summed E-state index contributed by atoms with van der Waals surface area (Å²) in [4.78, 5) is 10.7. The Bertz CT molecular complexity index is 146. The summed E-state index contributed by atoms with van der Waals surface area (Å²) in [5, 5.41) is 5.61. The highest BCUT2D eigenvalue weighted by atomic mass is 16.2. The van der Waals surface area contributed by atoms with E-state index in [1.54, 1.807) is 0 Å². The minimum atomic E-state index is -0.0291. The standard InChI is InChI=1S/C8H16N2O/c1-3-4-8(2)5-9-7(11)10-6-8/h3-6H2,1-2H3,(H2,9,10,11). The second kappa shape index (κ2) is 3.11. The highest BCUT2D eigenvalue weighted by molar-refractivity contribution is 5.74. The fraction of sp³-hybridized carbons (Fsp3) is 0.875. The maximum Gasteiger partial charge on any atom is 0.314 e. The molecule has 1 heterocycles. The van der Waals surface area contributed by atoms with E-state index in [-0.39, 0.29) is 11.4 Å². The van der Waals surface area contributed by atoms with Gasteiger partial charge in [-0.05, 0) is 6.42 Å². The van der Waals surface area contributed by atoms with Gasteiger partial charge in [0.25, 0.3) is 0 Å². The van der Waals surface area contributed by atoms with Crippen LogP contribution in [0.25, 0.3) is 0 Å². The minimum absolute atomic E-state index is 0.0291. The van der Waals surface area contributed by atoms with Crippen LogP contribution in [-0.4, -0.2) is 19.1 Å². The lowest BCUT2D eigenvalue weighted by molar-refractivity contribution is 0.198. The van der Waals surface area contributed by atoms with Crippen molar-refractivity contribution < 1.29 is 4.79 Å². The Hall–Kier alpha value is -0.730. The number of carbonyl (C=O) groups excluding carboxylic acids is 1. The van der Waals surface area contributed by atoms with Crippen LogP contribution in [-0.2, 0) is 0 Å². The third-order valence-corrected chi connectivity index (χ3v) is 2.20. The van der Waals surface area contributed by atoms with Gasteiger partial charge in [-0.25, -0.2) is 4.79 Å². The molecule has 1 rings (SSSR count). The zero-order valence-electron chi connectivity index (χ0n) is 7.24. The summed E-state index contributed by atoms with van der Waals surface area (Å²) in [6.45, 7) is 5.99. The molecule has 0 saturated carbocycles. The Morgan fingerprint density at radius 1 is 1.45 bits per heavy atom. The summed E-state index contributed by atoms with van der Waals surface area (Å²) in [7, 11) is 0. The van der Waals surface area contributed by atoms with E-state index in [9.17, 15) is 4.79 Å². The molecule has 0 atom stereocenters. The largest absolute Gasteiger partial charge is 0.338 e. The number of hydrogen-bond donors (Lipinski definition) is 2. The van der Waals surface area contributed by atoms with Crippen molar-refractivity contribution in [3.05, 3.63) is 0 Å². The first-order valence-corrected chi connectivity index (χ1v) is 4.18. The first kappa shape index (κ1) is 8.37. The van der Waals surface area contributed by atoms with Crippen molar-refractivity contribution >= 4 is 6.03 Å². The molecule has 1 aliphatic rings. The maximum absolute atomic E-state index is 10.7. The maximum atomic E-state index is 10.7. The average Bonchev–Trinajstić information content (AvgIpc) is 1.97. The SMILES string of the molecule is CCCC1(C)CNC(=O)NC1. The Labute approximate surface area is 67.5 Å². The zero-order chi connectivity index (χ0) is 8.32. The first-order valence-electron chi connectivity index (χ1n) is 4.18. The number of carbonyl (C=O) groups is 1. The van der Waals surface area contributed by atoms with Gasteiger partial charge >= 0.3 is 6.03 Å². The summed E-state index contributed by atoms with van der Waals surface area (Å²) in [6.07, 6.45) is 2.34. The summed E-state index contributed by atoms with van der Waals surface area (Å²) in [6, 6.07) is -0.0291. The monoisotopic (exact) mass is 156 g/mol. The van der Waals surface area contributed by atoms with Gasteiger partial charge in [0, 0.05) is 18.5 Å². The third kappa shape index (κ3) is 2.10. The van der Waals surface area contributed by atoms with Crippen molar-refractivity contribution in [3.8, 4) is 0 Å². The van der Waals surface area contributed by atoms with Crippen LogP contribution in [0.15, 0.2) is 0 Å². The number of amides is 2. The molecule has 0 aliphatic carbocycles. The molecule has 0 aromatic heterocycles. The van der Waals surface area contributed by atoms with Gasteiger partial charge in [-0.1, -0.05) is 20.3 Å². The summed E-state index contributed by atoms with van der Waals surface area (Å²) >= 11 is 0. The van der Waals surface area contributed by atoms with Gasteiger partial charge in [0.05, 0.1) is 0 Å². The topological polar surface area (TPSA) is 41.1 Å². The summed E-state index contributed by atoms with van der Waals surface area (Å²) in [5.74, 6) is 0. The van der Waals surface area contributed by atoms with Gasteiger partial charge in [0.1, 0.15) is 0 Å². The van der Waals surface area contributed by atoms with Crippen LogP contribution in [0, 0.1) is 5.41 Å². The minimum Gasteiger partial charge on any atom is -0.338 e. The molecular weight excluding hydrogens is 140 g/mol. The van der Waals surface area contributed by atoms with E-state index >= 15 is 0 Å². The van der Waals surface area contributed by atoms with Gasteiger partial charge in [-0.2, -0.15) is 0 Å². The predicted molar refractivity (Wildman–Crippen MR) is 44.4 cm³/mol. The second-order valence-electron chi connectivity index (χ2n) is 3.60. The van der Waals surface area contributed by atoms with Crippen LogP contribution < -0.4 is 10.6 Å². The molecule has 0 unspecified atom stereocenters. The molecular formula is C8H16N2O. The van der Waals surface area contributed by atoms with Crippen molar-refractivity contribution in [3.63, 3.8) is 0 Å². The van der Waals surface area contributed by atoms with Crippen LogP contribution in [0.4, 0.5) is 4.79 Å². The Morgan fingerprint density at radius 3 is 2.45 bits per heavy atom. The smallest absolute Gasteiger partial charge is 0.314 e. The fourth-order valence-corrected chi connectivity index (χ4v) is 1.49. The van der Waals surface area contributed by atoms with Gasteiger partial charge in [-0.3, -0.25) is 0 Å². The molecule has 0 aromatic carbocycles. The molecule has 1 fully saturated rings. The van der Waals surface area contributed by atoms with Gasteiger partial charge in [-0.15, -0.1) is 0 Å². The van der Waals surface area contributed by atoms with Crippen LogP contribution in [0.2, 0.25) is 0 Å². The van der Waals surface area contributed by atoms with Gasteiger partial charge in [0.2, 0.25) is 0 Å². The molecule has 1 saturated heterocycles. The van der Waals surface area contributed by atoms with Crippen molar-refractivity contribution in [1.82, 2.24) is 10.6 Å². The Kier molecular flexibility index (Phi) is 2.37. The number of rotatable bonds is 2. The molecule has 64 valence electrons. The third-order valence-electron chi connectivity index (χ3n) is 2.20. The Morgan fingerprint density at radius 2 is 2.00 bits per heavy atom. The summed E-state index contributed by atoms with van der Waals surface area (Å²) < 4.78 is 0. The van der Waals surface area contributed by atoms with Gasteiger partial charge < -0.3 is 10.6 Å². The van der Waals surface area contributed by atoms with Gasteiger partial charge in [0.15, 0.2) is 0 Å². The molecule has 0 aromatic rings. The van der Waals surface area contributed by atoms with Crippen LogP contribution in [0.1, 0.15) is 26.7 Å². The lowest BCUT2D eigenvalue weighted by Gasteiger charge is -2.33. The molecule has 0 bridgehead atoms. The van der Waals surface area contributed by atoms with E-state index in [0.29, 0.717) is 0 Å². The summed E-state index contributed by atoms with van der Waals surface area (Å²) in [5.41, 5.74) is 0.267. The molecule has 0 radical (unpaired) electrons. The van der Waals surface area contributed by atoms with Crippen LogP contribution in [0.5, 0.6) is 0 Å². The lowest BCUT2D eigenvalue weighted by atomic mass is 9.84. The molecule has 3 nitrogen and oxygen atoms in total. The fourth-order valence-electron chi connectivity index (χ4n) is 1.49.